The molecule has 2 aliphatic rings. The molecular weight excluding hydrogens is 497 g/mol. The number of nitrogens with zero attached hydrogens (tertiary/aromatic N) is 6. The van der Waals surface area contributed by atoms with Gasteiger partial charge >= 0.3 is 6.18 Å². The number of anilines is 1. The highest BCUT2D eigenvalue weighted by Crippen LogP contribution is 2.31. The Morgan fingerprint density at radius 1 is 0.947 bits per heavy atom. The number of fused-ring (bicyclic) bond motifs is 1. The largest absolute Gasteiger partial charge is 0.416 e. The maximum absolute atomic E-state index is 13.1. The van der Waals surface area contributed by atoms with Gasteiger partial charge in [0.1, 0.15) is 6.54 Å². The van der Waals surface area contributed by atoms with E-state index in [1.807, 2.05) is 15.9 Å². The summed E-state index contributed by atoms with van der Waals surface area (Å²) in [4.78, 5) is 39.7. The summed E-state index contributed by atoms with van der Waals surface area (Å²) in [5.74, 6) is 0.412. The Morgan fingerprint density at radius 3 is 2.37 bits per heavy atom. The van der Waals surface area contributed by atoms with E-state index in [9.17, 15) is 22.8 Å². The molecule has 0 unspecified atom stereocenters. The first-order valence-corrected chi connectivity index (χ1v) is 12.2. The highest BCUT2D eigenvalue weighted by atomic mass is 19.4. The molecule has 38 heavy (non-hydrogen) atoms. The van der Waals surface area contributed by atoms with Crippen LogP contribution in [0.5, 0.6) is 0 Å². The number of carbonyl (C=O) groups excluding carboxylic acids is 2. The number of likely N-dealkylation sites (tertiary alicyclic amines) is 1. The second-order valence-corrected chi connectivity index (χ2v) is 9.43. The van der Waals surface area contributed by atoms with Gasteiger partial charge in [-0.2, -0.15) is 13.2 Å². The number of hydrogen-bond acceptors (Lipinski definition) is 5. The summed E-state index contributed by atoms with van der Waals surface area (Å²) in [6.07, 6.45) is 0.680. The van der Waals surface area contributed by atoms with Crippen LogP contribution in [0.15, 0.2) is 73.2 Å². The zero-order valence-corrected chi connectivity index (χ0v) is 20.2. The molecule has 0 bridgehead atoms. The van der Waals surface area contributed by atoms with E-state index < -0.39 is 11.7 Å². The lowest BCUT2D eigenvalue weighted by Crippen LogP contribution is -2.66. The zero-order valence-electron chi connectivity index (χ0n) is 20.2. The fraction of sp³-hybridized carbons (Fsp3) is 0.259. The third kappa shape index (κ3) is 4.33. The molecule has 4 aromatic rings. The van der Waals surface area contributed by atoms with E-state index in [1.54, 1.807) is 52.3 Å². The van der Waals surface area contributed by atoms with Crippen LogP contribution in [0, 0.1) is 0 Å². The Hall–Kier alpha value is -4.41. The molecule has 4 heterocycles. The Labute approximate surface area is 215 Å². The molecule has 0 atom stereocenters. The number of halogens is 3. The van der Waals surface area contributed by atoms with Gasteiger partial charge in [-0.15, -0.1) is 0 Å². The molecule has 8 nitrogen and oxygen atoms in total. The average Bonchev–Trinajstić information content (AvgIpc) is 3.32. The molecule has 0 radical (unpaired) electrons. The SMILES string of the molecule is O=C(c1ccc2c(ccn2-c2ccc(C(F)(F)F)cc2)c1)N1CC(N2CCN(c3ncccn3)CC2=O)C1. The third-order valence-electron chi connectivity index (χ3n) is 7.09. The first-order valence-electron chi connectivity index (χ1n) is 12.2. The van der Waals surface area contributed by atoms with Gasteiger partial charge in [-0.1, -0.05) is 0 Å². The quantitative estimate of drug-likeness (QED) is 0.411. The van der Waals surface area contributed by atoms with Crippen LogP contribution in [-0.4, -0.2) is 74.9 Å². The molecule has 0 aliphatic carbocycles. The number of carbonyl (C=O) groups is 2. The van der Waals surface area contributed by atoms with E-state index in [0.29, 0.717) is 43.4 Å². The number of benzene rings is 2. The Kier molecular flexibility index (Phi) is 5.77. The standard InChI is InChI=1S/C27H23F3N6O2/c28-27(29,30)20-3-5-21(6-4-20)35-11-8-18-14-19(2-7-23(18)35)25(38)34-15-22(16-34)36-13-12-33(17-24(36)37)26-31-9-1-10-32-26/h1-11,14,22H,12-13,15-17H2. The Morgan fingerprint density at radius 2 is 1.68 bits per heavy atom. The molecule has 2 saturated heterocycles. The van der Waals surface area contributed by atoms with Crippen molar-refractivity contribution in [2.75, 3.05) is 37.6 Å². The van der Waals surface area contributed by atoms with Gasteiger partial charge in [-0.25, -0.2) is 9.97 Å². The summed E-state index contributed by atoms with van der Waals surface area (Å²) in [5.41, 5.74) is 1.21. The van der Waals surface area contributed by atoms with Crippen LogP contribution < -0.4 is 4.90 Å². The lowest BCUT2D eigenvalue weighted by atomic mass is 10.0. The predicted octanol–water partition coefficient (Wildman–Crippen LogP) is 3.61. The van der Waals surface area contributed by atoms with Gasteiger partial charge in [0.25, 0.3) is 5.91 Å². The lowest BCUT2D eigenvalue weighted by molar-refractivity contribution is -0.138. The van der Waals surface area contributed by atoms with Crippen molar-refractivity contribution in [1.82, 2.24) is 24.3 Å². The minimum Gasteiger partial charge on any atom is -0.334 e. The van der Waals surface area contributed by atoms with E-state index in [2.05, 4.69) is 9.97 Å². The van der Waals surface area contributed by atoms with Crippen molar-refractivity contribution in [3.8, 4) is 5.69 Å². The van der Waals surface area contributed by atoms with Crippen LogP contribution >= 0.6 is 0 Å². The van der Waals surface area contributed by atoms with Crippen LogP contribution in [0.25, 0.3) is 16.6 Å². The van der Waals surface area contributed by atoms with E-state index in [1.165, 1.54) is 12.1 Å². The average molecular weight is 521 g/mol. The molecular formula is C27H23F3N6O2. The summed E-state index contributed by atoms with van der Waals surface area (Å²) in [7, 11) is 0. The summed E-state index contributed by atoms with van der Waals surface area (Å²) in [6.45, 7) is 2.33. The number of alkyl halides is 3. The monoisotopic (exact) mass is 520 g/mol. The molecule has 0 saturated carbocycles. The van der Waals surface area contributed by atoms with Crippen molar-refractivity contribution in [2.45, 2.75) is 12.2 Å². The van der Waals surface area contributed by atoms with E-state index in [0.717, 1.165) is 23.0 Å². The minimum absolute atomic E-state index is 0.00757. The summed E-state index contributed by atoms with van der Waals surface area (Å²) in [6, 6.07) is 13.8. The zero-order chi connectivity index (χ0) is 26.4. The molecule has 2 amide bonds. The van der Waals surface area contributed by atoms with Crippen LogP contribution in [-0.2, 0) is 11.0 Å². The van der Waals surface area contributed by atoms with Gasteiger partial charge in [0.2, 0.25) is 11.9 Å². The summed E-state index contributed by atoms with van der Waals surface area (Å²) >= 11 is 0. The second kappa shape index (κ2) is 9.16. The topological polar surface area (TPSA) is 74.6 Å². The Bertz CT molecular complexity index is 1500. The molecule has 6 rings (SSSR count). The van der Waals surface area contributed by atoms with E-state index in [-0.39, 0.29) is 24.4 Å². The van der Waals surface area contributed by atoms with Gasteiger partial charge in [0.05, 0.1) is 17.1 Å². The molecule has 2 aromatic heterocycles. The fourth-order valence-corrected chi connectivity index (χ4v) is 5.01. The van der Waals surface area contributed by atoms with Gasteiger partial charge in [-0.3, -0.25) is 9.59 Å². The van der Waals surface area contributed by atoms with Crippen LogP contribution in [0.1, 0.15) is 15.9 Å². The molecule has 194 valence electrons. The molecule has 2 aliphatic heterocycles. The van der Waals surface area contributed by atoms with E-state index >= 15 is 0 Å². The first-order chi connectivity index (χ1) is 18.3. The third-order valence-corrected chi connectivity index (χ3v) is 7.09. The van der Waals surface area contributed by atoms with Crippen molar-refractivity contribution in [1.29, 1.82) is 0 Å². The lowest BCUT2D eigenvalue weighted by Gasteiger charge is -2.47. The number of piperazine rings is 1. The van der Waals surface area contributed by atoms with Gasteiger partial charge in [0.15, 0.2) is 0 Å². The smallest absolute Gasteiger partial charge is 0.334 e. The maximum Gasteiger partial charge on any atom is 0.416 e. The normalized spacial score (nSPS) is 16.7. The van der Waals surface area contributed by atoms with Crippen molar-refractivity contribution < 1.29 is 22.8 Å². The highest BCUT2D eigenvalue weighted by molar-refractivity contribution is 5.99. The summed E-state index contributed by atoms with van der Waals surface area (Å²) < 4.78 is 40.5. The number of hydrogen-bond donors (Lipinski definition) is 0. The highest BCUT2D eigenvalue weighted by Gasteiger charge is 2.39. The second-order valence-electron chi connectivity index (χ2n) is 9.43. The molecule has 2 aromatic carbocycles. The number of rotatable bonds is 4. The Balaban J connectivity index is 1.10. The van der Waals surface area contributed by atoms with Crippen molar-refractivity contribution in [3.63, 3.8) is 0 Å². The van der Waals surface area contributed by atoms with Crippen LogP contribution in [0.3, 0.4) is 0 Å². The molecule has 11 heteroatoms. The minimum atomic E-state index is -4.39. The van der Waals surface area contributed by atoms with E-state index in [4.69, 9.17) is 0 Å². The van der Waals surface area contributed by atoms with Crippen LogP contribution in [0.2, 0.25) is 0 Å². The van der Waals surface area contributed by atoms with Gasteiger partial charge in [0, 0.05) is 61.4 Å². The maximum atomic E-state index is 13.1. The molecule has 0 N–H and O–H groups in total. The van der Waals surface area contributed by atoms with Gasteiger partial charge in [-0.05, 0) is 54.6 Å². The van der Waals surface area contributed by atoms with Crippen molar-refractivity contribution in [3.05, 3.63) is 84.3 Å². The predicted molar refractivity (Wildman–Crippen MR) is 134 cm³/mol. The number of amides is 2. The molecule has 0 spiro atoms. The molecule has 2 fully saturated rings. The summed E-state index contributed by atoms with van der Waals surface area (Å²) in [5, 5.41) is 0.808. The number of aromatic nitrogens is 3. The first kappa shape index (κ1) is 24.0. The fourth-order valence-electron chi connectivity index (χ4n) is 5.01. The van der Waals surface area contributed by atoms with Gasteiger partial charge < -0.3 is 19.3 Å². The van der Waals surface area contributed by atoms with Crippen molar-refractivity contribution >= 4 is 28.7 Å². The van der Waals surface area contributed by atoms with Crippen molar-refractivity contribution in [2.24, 2.45) is 0 Å². The van der Waals surface area contributed by atoms with Crippen LogP contribution in [0.4, 0.5) is 19.1 Å².